The molecule has 1 aliphatic rings. The Morgan fingerprint density at radius 3 is 2.74 bits per heavy atom. The first kappa shape index (κ1) is 13.8. The van der Waals surface area contributed by atoms with Gasteiger partial charge in [-0.15, -0.1) is 0 Å². The molecular weight excluding hydrogens is 238 g/mol. The summed E-state index contributed by atoms with van der Waals surface area (Å²) in [5, 5.41) is 6.22. The van der Waals surface area contributed by atoms with Gasteiger partial charge in [0.15, 0.2) is 0 Å². The van der Waals surface area contributed by atoms with Crippen molar-refractivity contribution in [3.63, 3.8) is 0 Å². The molecule has 1 aromatic heterocycles. The summed E-state index contributed by atoms with van der Waals surface area (Å²) in [5.74, 6) is -0.0739. The van der Waals surface area contributed by atoms with E-state index in [4.69, 9.17) is 0 Å². The first-order chi connectivity index (χ1) is 9.13. The zero-order chi connectivity index (χ0) is 13.7. The van der Waals surface area contributed by atoms with Crippen molar-refractivity contribution in [1.29, 1.82) is 0 Å². The number of nitrogens with one attached hydrogen (secondary N) is 2. The minimum absolute atomic E-state index is 0.0739. The number of anilines is 1. The smallest absolute Gasteiger partial charge is 0.269 e. The highest BCUT2D eigenvalue weighted by atomic mass is 16.1. The van der Waals surface area contributed by atoms with Gasteiger partial charge in [0, 0.05) is 13.1 Å². The topological polar surface area (TPSA) is 54.0 Å². The van der Waals surface area contributed by atoms with Crippen LogP contribution in [0.1, 0.15) is 50.0 Å². The van der Waals surface area contributed by atoms with E-state index in [1.807, 2.05) is 6.07 Å². The molecule has 0 bridgehead atoms. The molecule has 1 fully saturated rings. The van der Waals surface area contributed by atoms with Crippen molar-refractivity contribution >= 4 is 11.6 Å². The lowest BCUT2D eigenvalue weighted by atomic mass is 9.70. The van der Waals surface area contributed by atoms with E-state index in [0.717, 1.165) is 25.2 Å². The lowest BCUT2D eigenvalue weighted by Crippen LogP contribution is -2.40. The monoisotopic (exact) mass is 261 g/mol. The number of amides is 1. The van der Waals surface area contributed by atoms with Crippen LogP contribution in [0.5, 0.6) is 0 Å². The summed E-state index contributed by atoms with van der Waals surface area (Å²) in [5.41, 5.74) is 1.76. The fourth-order valence-electron chi connectivity index (χ4n) is 2.24. The van der Waals surface area contributed by atoms with Crippen molar-refractivity contribution in [2.24, 2.45) is 5.41 Å². The molecule has 2 rings (SSSR count). The fourth-order valence-corrected chi connectivity index (χ4v) is 2.24. The Morgan fingerprint density at radius 2 is 2.21 bits per heavy atom. The van der Waals surface area contributed by atoms with Gasteiger partial charge in [-0.25, -0.2) is 4.98 Å². The van der Waals surface area contributed by atoms with Crippen molar-refractivity contribution in [3.05, 3.63) is 24.0 Å². The van der Waals surface area contributed by atoms with Gasteiger partial charge in [-0.3, -0.25) is 4.79 Å². The van der Waals surface area contributed by atoms with Crippen molar-refractivity contribution < 1.29 is 4.79 Å². The van der Waals surface area contributed by atoms with Crippen LogP contribution >= 0.6 is 0 Å². The van der Waals surface area contributed by atoms with E-state index in [0.29, 0.717) is 11.1 Å². The second kappa shape index (κ2) is 6.04. The van der Waals surface area contributed by atoms with Crippen LogP contribution in [0, 0.1) is 5.41 Å². The molecule has 0 aliphatic heterocycles. The standard InChI is InChI=1S/C15H23N3O/c1-3-9-16-12-5-6-13(17-10-12)14(19)18-11-15(2)7-4-8-15/h5-6,10,16H,3-4,7-9,11H2,1-2H3,(H,18,19). The van der Waals surface area contributed by atoms with Crippen molar-refractivity contribution in [3.8, 4) is 0 Å². The molecule has 0 spiro atoms. The van der Waals surface area contributed by atoms with Crippen LogP contribution in [0.3, 0.4) is 0 Å². The third-order valence-corrected chi connectivity index (χ3v) is 3.81. The van der Waals surface area contributed by atoms with Gasteiger partial charge in [-0.05, 0) is 36.8 Å². The fraction of sp³-hybridized carbons (Fsp3) is 0.600. The van der Waals surface area contributed by atoms with Crippen molar-refractivity contribution in [2.75, 3.05) is 18.4 Å². The predicted octanol–water partition coefficient (Wildman–Crippen LogP) is 2.82. The molecule has 19 heavy (non-hydrogen) atoms. The van der Waals surface area contributed by atoms with Gasteiger partial charge in [0.1, 0.15) is 5.69 Å². The molecule has 1 aliphatic carbocycles. The Balaban J connectivity index is 1.84. The Labute approximate surface area is 115 Å². The second-order valence-electron chi connectivity index (χ2n) is 5.71. The van der Waals surface area contributed by atoms with Gasteiger partial charge in [0.25, 0.3) is 5.91 Å². The summed E-state index contributed by atoms with van der Waals surface area (Å²) in [7, 11) is 0. The summed E-state index contributed by atoms with van der Waals surface area (Å²) >= 11 is 0. The molecule has 0 radical (unpaired) electrons. The molecule has 1 heterocycles. The van der Waals surface area contributed by atoms with Crippen LogP contribution in [0.25, 0.3) is 0 Å². The molecule has 1 saturated carbocycles. The van der Waals surface area contributed by atoms with E-state index in [2.05, 4.69) is 29.5 Å². The van der Waals surface area contributed by atoms with Gasteiger partial charge < -0.3 is 10.6 Å². The number of pyridine rings is 1. The Hall–Kier alpha value is -1.58. The third kappa shape index (κ3) is 3.69. The SMILES string of the molecule is CCCNc1ccc(C(=O)NCC2(C)CCC2)nc1. The van der Waals surface area contributed by atoms with E-state index in [1.54, 1.807) is 12.3 Å². The highest BCUT2D eigenvalue weighted by Crippen LogP contribution is 2.39. The van der Waals surface area contributed by atoms with Gasteiger partial charge in [0.2, 0.25) is 0 Å². The van der Waals surface area contributed by atoms with Crippen molar-refractivity contribution in [2.45, 2.75) is 39.5 Å². The molecular formula is C15H23N3O. The normalized spacial score (nSPS) is 16.5. The van der Waals surface area contributed by atoms with Crippen LogP contribution in [0.4, 0.5) is 5.69 Å². The highest BCUT2D eigenvalue weighted by molar-refractivity contribution is 5.92. The average molecular weight is 261 g/mol. The van der Waals surface area contributed by atoms with E-state index in [-0.39, 0.29) is 5.91 Å². The molecule has 4 nitrogen and oxygen atoms in total. The van der Waals surface area contributed by atoms with Crippen molar-refractivity contribution in [1.82, 2.24) is 10.3 Å². The van der Waals surface area contributed by atoms with E-state index >= 15 is 0 Å². The lowest BCUT2D eigenvalue weighted by Gasteiger charge is -2.38. The maximum atomic E-state index is 12.0. The Morgan fingerprint density at radius 1 is 1.42 bits per heavy atom. The predicted molar refractivity (Wildman–Crippen MR) is 77.3 cm³/mol. The maximum Gasteiger partial charge on any atom is 0.269 e. The molecule has 0 unspecified atom stereocenters. The van der Waals surface area contributed by atoms with Gasteiger partial charge in [-0.1, -0.05) is 20.3 Å². The molecule has 0 atom stereocenters. The summed E-state index contributed by atoms with van der Waals surface area (Å²) in [6.07, 6.45) is 6.49. The molecule has 0 aromatic carbocycles. The lowest BCUT2D eigenvalue weighted by molar-refractivity contribution is 0.0886. The summed E-state index contributed by atoms with van der Waals surface area (Å²) in [6, 6.07) is 3.68. The largest absolute Gasteiger partial charge is 0.384 e. The molecule has 1 amide bonds. The summed E-state index contributed by atoms with van der Waals surface area (Å²) in [6.45, 7) is 6.01. The van der Waals surface area contributed by atoms with Crippen LogP contribution < -0.4 is 10.6 Å². The number of rotatable bonds is 6. The van der Waals surface area contributed by atoms with E-state index in [1.165, 1.54) is 19.3 Å². The van der Waals surface area contributed by atoms with Crippen LogP contribution in [-0.2, 0) is 0 Å². The zero-order valence-corrected chi connectivity index (χ0v) is 11.8. The number of hydrogen-bond donors (Lipinski definition) is 2. The van der Waals surface area contributed by atoms with Gasteiger partial charge in [-0.2, -0.15) is 0 Å². The van der Waals surface area contributed by atoms with E-state index < -0.39 is 0 Å². The van der Waals surface area contributed by atoms with Gasteiger partial charge in [0.05, 0.1) is 11.9 Å². The third-order valence-electron chi connectivity index (χ3n) is 3.81. The van der Waals surface area contributed by atoms with Crippen LogP contribution in [0.15, 0.2) is 18.3 Å². The number of carbonyl (C=O) groups is 1. The van der Waals surface area contributed by atoms with Crippen LogP contribution in [-0.4, -0.2) is 24.0 Å². The Kier molecular flexibility index (Phi) is 4.40. The summed E-state index contributed by atoms with van der Waals surface area (Å²) in [4.78, 5) is 16.2. The number of carbonyl (C=O) groups excluding carboxylic acids is 1. The van der Waals surface area contributed by atoms with Crippen LogP contribution in [0.2, 0.25) is 0 Å². The number of aromatic nitrogens is 1. The van der Waals surface area contributed by atoms with Gasteiger partial charge >= 0.3 is 0 Å². The number of nitrogens with zero attached hydrogens (tertiary/aromatic N) is 1. The Bertz CT molecular complexity index is 424. The molecule has 2 N–H and O–H groups in total. The summed E-state index contributed by atoms with van der Waals surface area (Å²) < 4.78 is 0. The highest BCUT2D eigenvalue weighted by Gasteiger charge is 2.31. The average Bonchev–Trinajstić information content (AvgIpc) is 2.41. The minimum atomic E-state index is -0.0739. The minimum Gasteiger partial charge on any atom is -0.384 e. The van der Waals surface area contributed by atoms with E-state index in [9.17, 15) is 4.79 Å². The second-order valence-corrected chi connectivity index (χ2v) is 5.71. The molecule has 104 valence electrons. The first-order valence-corrected chi connectivity index (χ1v) is 7.11. The molecule has 4 heteroatoms. The maximum absolute atomic E-state index is 12.0. The quantitative estimate of drug-likeness (QED) is 0.828. The molecule has 1 aromatic rings. The number of hydrogen-bond acceptors (Lipinski definition) is 3. The zero-order valence-electron chi connectivity index (χ0n) is 11.8. The molecule has 0 saturated heterocycles. The first-order valence-electron chi connectivity index (χ1n) is 7.11.